The minimum absolute atomic E-state index is 0.0242. The van der Waals surface area contributed by atoms with Crippen LogP contribution in [0.5, 0.6) is 0 Å². The van der Waals surface area contributed by atoms with Crippen molar-refractivity contribution in [2.45, 2.75) is 140 Å². The minimum Gasteiger partial charge on any atom is -0.414 e. The first-order chi connectivity index (χ1) is 18.0. The van der Waals surface area contributed by atoms with Crippen LogP contribution in [0.2, 0.25) is 61.9 Å². The molecule has 0 N–H and O–H groups in total. The van der Waals surface area contributed by atoms with Crippen molar-refractivity contribution in [3.05, 3.63) is 32.6 Å². The molecule has 8 nitrogen and oxygen atoms in total. The molecule has 0 saturated carbocycles. The number of hydrogen-bond acceptors (Lipinski definition) is 6. The molecule has 1 aromatic heterocycles. The summed E-state index contributed by atoms with van der Waals surface area (Å²) in [5, 5.41) is 0.416. The van der Waals surface area contributed by atoms with Crippen LogP contribution in [0.3, 0.4) is 0 Å². The Balaban J connectivity index is 2.41. The largest absolute Gasteiger partial charge is 0.414 e. The summed E-state index contributed by atoms with van der Waals surface area (Å²) in [5.74, 6) is 0. The molecule has 0 radical (unpaired) electrons. The van der Waals surface area contributed by atoms with E-state index in [-0.39, 0.29) is 34.6 Å². The molecular weight excluding hydrogens is 624 g/mol. The van der Waals surface area contributed by atoms with Crippen molar-refractivity contribution in [3.8, 4) is 0 Å². The van der Waals surface area contributed by atoms with E-state index in [4.69, 9.17) is 18.3 Å². The molecule has 232 valence electrons. The number of hydrogen-bond donors (Lipinski definition) is 0. The molecule has 1 aliphatic rings. The molecule has 0 aliphatic carbocycles. The molecule has 1 saturated heterocycles. The fraction of sp³-hybridized carbons (Fsp3) is 0.857. The van der Waals surface area contributed by atoms with Crippen LogP contribution in [0, 0.1) is 0 Å². The highest BCUT2D eigenvalue weighted by Crippen LogP contribution is 2.42. The molecule has 1 aromatic rings. The van der Waals surface area contributed by atoms with Gasteiger partial charge in [-0.05, 0) is 42.3 Å². The van der Waals surface area contributed by atoms with Gasteiger partial charge in [-0.2, -0.15) is 0 Å². The van der Waals surface area contributed by atoms with E-state index in [9.17, 15) is 9.59 Å². The smallest absolute Gasteiger partial charge is 0.335 e. The predicted octanol–water partition coefficient (Wildman–Crippen LogP) is 6.92. The lowest BCUT2D eigenvalue weighted by atomic mass is 10.2. The van der Waals surface area contributed by atoms with E-state index in [1.165, 1.54) is 4.57 Å². The zero-order chi connectivity index (χ0) is 30.9. The van der Waals surface area contributed by atoms with E-state index >= 15 is 0 Å². The van der Waals surface area contributed by atoms with E-state index in [0.717, 1.165) is 6.04 Å². The van der Waals surface area contributed by atoms with Crippen LogP contribution in [-0.2, 0) is 30.4 Å². The zero-order valence-electron chi connectivity index (χ0n) is 27.3. The van der Waals surface area contributed by atoms with Crippen LogP contribution >= 0.6 is 15.9 Å². The van der Waals surface area contributed by atoms with Crippen LogP contribution < -0.4 is 11.2 Å². The number of aromatic nitrogens is 2. The molecule has 0 aromatic carbocycles. The summed E-state index contributed by atoms with van der Waals surface area (Å²) in [6, 6.07) is 0.961. The van der Waals surface area contributed by atoms with Gasteiger partial charge in [-0.25, -0.2) is 9.36 Å². The number of ether oxygens (including phenoxy) is 2. The summed E-state index contributed by atoms with van der Waals surface area (Å²) in [7, 11) is -5.46. The number of rotatable bonds is 12. The Morgan fingerprint density at radius 2 is 1.55 bits per heavy atom. The van der Waals surface area contributed by atoms with Crippen molar-refractivity contribution in [1.82, 2.24) is 9.13 Å². The zero-order valence-corrected chi connectivity index (χ0v) is 31.9. The lowest BCUT2D eigenvalue weighted by Crippen LogP contribution is -2.48. The van der Waals surface area contributed by atoms with Crippen LogP contribution in [0.1, 0.15) is 59.8 Å². The molecule has 1 aliphatic heterocycles. The monoisotopic (exact) mass is 678 g/mol. The fourth-order valence-corrected chi connectivity index (χ4v) is 7.35. The lowest BCUT2D eigenvalue weighted by molar-refractivity contribution is -0.0425. The summed E-state index contributed by atoms with van der Waals surface area (Å²) in [6.07, 6.45) is 1.03. The third kappa shape index (κ3) is 9.08. The van der Waals surface area contributed by atoms with Crippen molar-refractivity contribution in [1.29, 1.82) is 0 Å². The third-order valence-electron chi connectivity index (χ3n) is 8.78. The minimum atomic E-state index is -2.13. The Bertz CT molecular complexity index is 1120. The number of nitrogens with zero attached hydrogens (tertiary/aromatic N) is 2. The normalized spacial score (nSPS) is 21.3. The SMILES string of the molecule is CC(C)(C)[Si](C)(C)OC[C@H]1O[C@@H](n2cc(CBr)c(=O)n(COCC[Si](C)(C)C)c2=O)C[C@@H]1O[Si](C)(C)C(C)(C)C. The topological polar surface area (TPSA) is 80.9 Å². The summed E-state index contributed by atoms with van der Waals surface area (Å²) < 4.78 is 28.6. The average molecular weight is 680 g/mol. The average Bonchev–Trinajstić information content (AvgIpc) is 3.16. The van der Waals surface area contributed by atoms with E-state index in [2.05, 4.69) is 103 Å². The standard InChI is InChI=1S/C28H55BrN2O6Si3/c1-27(2,3)39(10,11)35-19-23-22(37-40(12,13)28(4,5)6)16-24(36-23)30-18-21(17-29)25(32)31(26(30)33)20-34-14-15-38(7,8)9/h18,22-24H,14-17,19-20H2,1-13H3/t22-,23+,24+/m0/s1. The first-order valence-electron chi connectivity index (χ1n) is 14.5. The molecule has 2 rings (SSSR count). The third-order valence-corrected chi connectivity index (χ3v) is 20.1. The van der Waals surface area contributed by atoms with Crippen LogP contribution in [0.4, 0.5) is 0 Å². The Morgan fingerprint density at radius 1 is 0.975 bits per heavy atom. The van der Waals surface area contributed by atoms with Gasteiger partial charge in [0, 0.05) is 38.2 Å². The van der Waals surface area contributed by atoms with E-state index in [1.54, 1.807) is 10.8 Å². The summed E-state index contributed by atoms with van der Waals surface area (Å²) in [4.78, 5) is 26.7. The molecule has 2 heterocycles. The van der Waals surface area contributed by atoms with Gasteiger partial charge in [0.2, 0.25) is 0 Å². The van der Waals surface area contributed by atoms with Crippen molar-refractivity contribution in [2.75, 3.05) is 13.2 Å². The second-order valence-electron chi connectivity index (χ2n) is 15.4. The predicted molar refractivity (Wildman–Crippen MR) is 175 cm³/mol. The maximum Gasteiger partial charge on any atom is 0.335 e. The highest BCUT2D eigenvalue weighted by atomic mass is 79.9. The van der Waals surface area contributed by atoms with Crippen molar-refractivity contribution < 1.29 is 18.3 Å². The van der Waals surface area contributed by atoms with Crippen molar-refractivity contribution in [2.24, 2.45) is 0 Å². The van der Waals surface area contributed by atoms with Crippen molar-refractivity contribution >= 4 is 40.6 Å². The summed E-state index contributed by atoms with van der Waals surface area (Å²) >= 11 is 3.43. The van der Waals surface area contributed by atoms with Gasteiger partial charge in [0.05, 0.1) is 12.7 Å². The molecule has 12 heteroatoms. The van der Waals surface area contributed by atoms with Gasteiger partial charge in [0.25, 0.3) is 5.56 Å². The second kappa shape index (κ2) is 13.1. The highest BCUT2D eigenvalue weighted by Gasteiger charge is 2.47. The van der Waals surface area contributed by atoms with E-state index < -0.39 is 36.6 Å². The van der Waals surface area contributed by atoms with Gasteiger partial charge in [-0.3, -0.25) is 9.36 Å². The molecule has 40 heavy (non-hydrogen) atoms. The molecule has 0 bridgehead atoms. The molecular formula is C28H55BrN2O6Si3. The van der Waals surface area contributed by atoms with Crippen LogP contribution in [-0.4, -0.2) is 59.3 Å². The Morgan fingerprint density at radius 3 is 2.05 bits per heavy atom. The van der Waals surface area contributed by atoms with Gasteiger partial charge in [0.15, 0.2) is 16.6 Å². The first-order valence-corrected chi connectivity index (χ1v) is 25.1. The molecule has 0 amide bonds. The second-order valence-corrected chi connectivity index (χ2v) is 31.2. The Kier molecular flexibility index (Phi) is 11.7. The maximum atomic E-state index is 13.6. The maximum absolute atomic E-state index is 13.6. The highest BCUT2D eigenvalue weighted by molar-refractivity contribution is 9.08. The summed E-state index contributed by atoms with van der Waals surface area (Å²) in [5.41, 5.74) is -0.277. The van der Waals surface area contributed by atoms with Gasteiger partial charge in [-0.15, -0.1) is 0 Å². The molecule has 1 fully saturated rings. The quantitative estimate of drug-likeness (QED) is 0.136. The molecule has 0 spiro atoms. The van der Waals surface area contributed by atoms with Gasteiger partial charge >= 0.3 is 5.69 Å². The molecule has 0 unspecified atom stereocenters. The van der Waals surface area contributed by atoms with Gasteiger partial charge in [-0.1, -0.05) is 77.1 Å². The first kappa shape index (κ1) is 35.8. The van der Waals surface area contributed by atoms with E-state index in [1.807, 2.05) is 0 Å². The van der Waals surface area contributed by atoms with Crippen molar-refractivity contribution in [3.63, 3.8) is 0 Å². The molecule has 3 atom stereocenters. The van der Waals surface area contributed by atoms with Crippen LogP contribution in [0.15, 0.2) is 15.8 Å². The van der Waals surface area contributed by atoms with Gasteiger partial charge < -0.3 is 18.3 Å². The van der Waals surface area contributed by atoms with Crippen LogP contribution in [0.25, 0.3) is 0 Å². The number of halogens is 1. The fourth-order valence-electron chi connectivity index (χ4n) is 3.83. The summed E-state index contributed by atoms with van der Waals surface area (Å²) in [6.45, 7) is 29.9. The number of alkyl halides is 1. The van der Waals surface area contributed by atoms with E-state index in [0.29, 0.717) is 30.5 Å². The van der Waals surface area contributed by atoms with Gasteiger partial charge in [0.1, 0.15) is 19.1 Å². The Hall–Kier alpha value is -0.349. The Labute approximate surface area is 253 Å². The lowest BCUT2D eigenvalue weighted by Gasteiger charge is -2.40.